The molecule has 0 aliphatic rings. The lowest BCUT2D eigenvalue weighted by atomic mass is 10.1. The van der Waals surface area contributed by atoms with E-state index in [-0.39, 0.29) is 6.54 Å². The number of hydrogen-bond acceptors (Lipinski definition) is 3. The molecule has 1 aromatic heterocycles. The summed E-state index contributed by atoms with van der Waals surface area (Å²) in [4.78, 5) is 11.1. The monoisotopic (exact) mass is 200 g/mol. The van der Waals surface area contributed by atoms with Crippen LogP contribution in [0.1, 0.15) is 19.5 Å². The molecule has 0 aromatic carbocycles. The average molecular weight is 200 g/mol. The van der Waals surface area contributed by atoms with Gasteiger partial charge in [-0.3, -0.25) is 9.48 Å². The molecule has 1 N–H and O–H groups in total. The lowest BCUT2D eigenvalue weighted by Crippen LogP contribution is -2.38. The van der Waals surface area contributed by atoms with Crippen molar-refractivity contribution in [2.45, 2.75) is 26.1 Å². The molecule has 1 amide bonds. The average Bonchev–Trinajstić information content (AvgIpc) is 2.45. The summed E-state index contributed by atoms with van der Waals surface area (Å²) in [7, 11) is 1.70. The van der Waals surface area contributed by atoms with E-state index < -0.39 is 11.6 Å². The van der Waals surface area contributed by atoms with Crippen molar-refractivity contribution in [2.24, 2.45) is 7.05 Å². The van der Waals surface area contributed by atoms with Gasteiger partial charge < -0.3 is 5.32 Å². The first-order valence-corrected chi connectivity index (χ1v) is 4.22. The van der Waals surface area contributed by atoms with Crippen LogP contribution in [0, 0.1) is 0 Å². The van der Waals surface area contributed by atoms with Crippen molar-refractivity contribution in [1.82, 2.24) is 20.3 Å². The number of aromatic nitrogens is 3. The Morgan fingerprint density at radius 3 is 2.79 bits per heavy atom. The van der Waals surface area contributed by atoms with Crippen molar-refractivity contribution in [2.75, 3.05) is 0 Å². The fraction of sp³-hybridized carbons (Fsp3) is 0.625. The van der Waals surface area contributed by atoms with E-state index in [0.717, 1.165) is 5.69 Å². The number of hydrogen-bond donors (Lipinski definition) is 1. The fourth-order valence-corrected chi connectivity index (χ4v) is 0.852. The molecule has 0 radical (unpaired) electrons. The number of alkyl halides is 1. The number of carbonyl (C=O) groups is 1. The molecule has 0 saturated carbocycles. The summed E-state index contributed by atoms with van der Waals surface area (Å²) in [6.07, 6.45) is 1.52. The highest BCUT2D eigenvalue weighted by atomic mass is 19.1. The molecular formula is C8H13FN4O. The number of nitrogens with one attached hydrogen (secondary N) is 1. The summed E-state index contributed by atoms with van der Waals surface area (Å²) < 4.78 is 14.6. The van der Waals surface area contributed by atoms with Gasteiger partial charge in [0.1, 0.15) is 0 Å². The van der Waals surface area contributed by atoms with E-state index in [1.165, 1.54) is 24.7 Å². The van der Waals surface area contributed by atoms with Crippen LogP contribution >= 0.6 is 0 Å². The number of amides is 1. The maximum Gasteiger partial charge on any atom is 0.257 e. The van der Waals surface area contributed by atoms with E-state index in [0.29, 0.717) is 0 Å². The second-order valence-corrected chi connectivity index (χ2v) is 3.50. The van der Waals surface area contributed by atoms with Crippen LogP contribution in [-0.2, 0) is 18.4 Å². The molecular weight excluding hydrogens is 187 g/mol. The first-order chi connectivity index (χ1) is 6.41. The zero-order valence-electron chi connectivity index (χ0n) is 8.41. The van der Waals surface area contributed by atoms with Gasteiger partial charge in [0.25, 0.3) is 5.91 Å². The summed E-state index contributed by atoms with van der Waals surface area (Å²) in [5, 5.41) is 9.76. The Hall–Kier alpha value is -1.46. The van der Waals surface area contributed by atoms with Gasteiger partial charge in [-0.25, -0.2) is 4.39 Å². The zero-order valence-corrected chi connectivity index (χ0v) is 8.41. The normalized spacial score (nSPS) is 11.4. The zero-order chi connectivity index (χ0) is 10.8. The maximum absolute atomic E-state index is 13.1. The SMILES string of the molecule is Cn1nncc1CNC(=O)C(C)(C)F. The van der Waals surface area contributed by atoms with Crippen LogP contribution in [0.25, 0.3) is 0 Å². The van der Waals surface area contributed by atoms with E-state index in [1.807, 2.05) is 0 Å². The van der Waals surface area contributed by atoms with Gasteiger partial charge in [0.05, 0.1) is 18.4 Å². The molecule has 0 fully saturated rings. The number of rotatable bonds is 3. The first-order valence-electron chi connectivity index (χ1n) is 4.22. The molecule has 1 heterocycles. The lowest BCUT2D eigenvalue weighted by Gasteiger charge is -2.13. The Bertz CT molecular complexity index is 328. The van der Waals surface area contributed by atoms with Gasteiger partial charge in [-0.1, -0.05) is 5.21 Å². The van der Waals surface area contributed by atoms with Gasteiger partial charge in [0.15, 0.2) is 5.67 Å². The molecule has 14 heavy (non-hydrogen) atoms. The topological polar surface area (TPSA) is 59.8 Å². The van der Waals surface area contributed by atoms with Gasteiger partial charge in [0, 0.05) is 7.05 Å². The minimum absolute atomic E-state index is 0.232. The van der Waals surface area contributed by atoms with E-state index in [9.17, 15) is 9.18 Å². The van der Waals surface area contributed by atoms with Gasteiger partial charge >= 0.3 is 0 Å². The summed E-state index contributed by atoms with van der Waals surface area (Å²) >= 11 is 0. The Labute approximate surface area is 81.3 Å². The number of aryl methyl sites for hydroxylation is 1. The quantitative estimate of drug-likeness (QED) is 0.757. The van der Waals surface area contributed by atoms with Crippen LogP contribution in [0.15, 0.2) is 6.20 Å². The third-order valence-electron chi connectivity index (χ3n) is 1.78. The Kier molecular flexibility index (Phi) is 2.83. The highest BCUT2D eigenvalue weighted by Crippen LogP contribution is 2.07. The fourth-order valence-electron chi connectivity index (χ4n) is 0.852. The molecule has 5 nitrogen and oxygen atoms in total. The van der Waals surface area contributed by atoms with Gasteiger partial charge in [-0.15, -0.1) is 5.10 Å². The highest BCUT2D eigenvalue weighted by molar-refractivity contribution is 5.83. The van der Waals surface area contributed by atoms with Crippen molar-refractivity contribution >= 4 is 5.91 Å². The van der Waals surface area contributed by atoms with Crippen molar-refractivity contribution in [3.8, 4) is 0 Å². The van der Waals surface area contributed by atoms with Crippen molar-refractivity contribution < 1.29 is 9.18 Å². The van der Waals surface area contributed by atoms with Gasteiger partial charge in [-0.2, -0.15) is 0 Å². The molecule has 0 bridgehead atoms. The third-order valence-corrected chi connectivity index (χ3v) is 1.78. The molecule has 0 unspecified atom stereocenters. The number of nitrogens with zero attached hydrogens (tertiary/aromatic N) is 3. The standard InChI is InChI=1S/C8H13FN4O/c1-8(2,9)7(14)10-4-6-5-11-12-13(6)3/h5H,4H2,1-3H3,(H,10,14). The van der Waals surface area contributed by atoms with Gasteiger partial charge in [-0.05, 0) is 13.8 Å². The Balaban J connectivity index is 2.50. The molecule has 0 atom stereocenters. The van der Waals surface area contributed by atoms with E-state index >= 15 is 0 Å². The minimum Gasteiger partial charge on any atom is -0.348 e. The molecule has 1 rings (SSSR count). The van der Waals surface area contributed by atoms with Crippen LogP contribution in [0.3, 0.4) is 0 Å². The Morgan fingerprint density at radius 2 is 2.36 bits per heavy atom. The van der Waals surface area contributed by atoms with Crippen molar-refractivity contribution in [3.63, 3.8) is 0 Å². The van der Waals surface area contributed by atoms with Crippen LogP contribution in [0.5, 0.6) is 0 Å². The van der Waals surface area contributed by atoms with Crippen LogP contribution < -0.4 is 5.32 Å². The predicted octanol–water partition coefficient (Wildman–Crippen LogP) is 0.179. The summed E-state index contributed by atoms with van der Waals surface area (Å²) in [5.41, 5.74) is -1.13. The molecule has 0 aliphatic carbocycles. The summed E-state index contributed by atoms with van der Waals surface area (Å²) in [6.45, 7) is 2.66. The second-order valence-electron chi connectivity index (χ2n) is 3.50. The molecule has 6 heteroatoms. The third kappa shape index (κ3) is 2.51. The lowest BCUT2D eigenvalue weighted by molar-refractivity contribution is -0.130. The summed E-state index contributed by atoms with van der Waals surface area (Å²) in [6, 6.07) is 0. The largest absolute Gasteiger partial charge is 0.348 e. The molecule has 0 aliphatic heterocycles. The first kappa shape index (κ1) is 10.6. The van der Waals surface area contributed by atoms with Crippen molar-refractivity contribution in [1.29, 1.82) is 0 Å². The van der Waals surface area contributed by atoms with Gasteiger partial charge in [0.2, 0.25) is 0 Å². The molecule has 0 spiro atoms. The Morgan fingerprint density at radius 1 is 1.71 bits per heavy atom. The van der Waals surface area contributed by atoms with Crippen LogP contribution in [0.2, 0.25) is 0 Å². The van der Waals surface area contributed by atoms with Crippen LogP contribution in [0.4, 0.5) is 4.39 Å². The minimum atomic E-state index is -1.86. The maximum atomic E-state index is 13.1. The van der Waals surface area contributed by atoms with Crippen molar-refractivity contribution in [3.05, 3.63) is 11.9 Å². The molecule has 1 aromatic rings. The number of carbonyl (C=O) groups excluding carboxylic acids is 1. The van der Waals surface area contributed by atoms with E-state index in [4.69, 9.17) is 0 Å². The van der Waals surface area contributed by atoms with E-state index in [2.05, 4.69) is 15.6 Å². The van der Waals surface area contributed by atoms with E-state index in [1.54, 1.807) is 7.05 Å². The summed E-state index contributed by atoms with van der Waals surface area (Å²) in [5.74, 6) is -0.640. The smallest absolute Gasteiger partial charge is 0.257 e. The molecule has 0 saturated heterocycles. The van der Waals surface area contributed by atoms with Crippen LogP contribution in [-0.4, -0.2) is 26.6 Å². The highest BCUT2D eigenvalue weighted by Gasteiger charge is 2.26. The second kappa shape index (κ2) is 3.73. The molecule has 78 valence electrons. The number of halogens is 1. The predicted molar refractivity (Wildman–Crippen MR) is 48.0 cm³/mol.